The molecule has 2 amide bonds. The summed E-state index contributed by atoms with van der Waals surface area (Å²) in [5.41, 5.74) is 7.32. The van der Waals surface area contributed by atoms with E-state index in [0.29, 0.717) is 18.2 Å². The van der Waals surface area contributed by atoms with Gasteiger partial charge in [0.25, 0.3) is 0 Å². The molecule has 0 aliphatic carbocycles. The highest BCUT2D eigenvalue weighted by molar-refractivity contribution is 7.99. The number of carbonyl (C=O) groups excluding carboxylic acids is 2. The van der Waals surface area contributed by atoms with Crippen LogP contribution in [0.3, 0.4) is 0 Å². The molecule has 0 saturated carbocycles. The van der Waals surface area contributed by atoms with Crippen molar-refractivity contribution in [2.24, 2.45) is 11.7 Å². The van der Waals surface area contributed by atoms with E-state index in [4.69, 9.17) is 5.73 Å². The van der Waals surface area contributed by atoms with E-state index < -0.39 is 0 Å². The van der Waals surface area contributed by atoms with Gasteiger partial charge >= 0.3 is 0 Å². The Bertz CT molecular complexity index is 1020. The Morgan fingerprint density at radius 3 is 2.43 bits per heavy atom. The Labute approximate surface area is 179 Å². The molecule has 0 radical (unpaired) electrons. The highest BCUT2D eigenvalue weighted by Crippen LogP contribution is 2.28. The molecule has 1 aliphatic heterocycles. The largest absolute Gasteiger partial charge is 0.369 e. The fourth-order valence-electron chi connectivity index (χ4n) is 3.60. The maximum atomic E-state index is 12.8. The molecule has 1 aliphatic rings. The molecule has 1 unspecified atom stereocenters. The average molecular weight is 422 g/mol. The Morgan fingerprint density at radius 2 is 1.73 bits per heavy atom. The minimum absolute atomic E-state index is 0.0187. The Hall–Kier alpha value is -3.13. The number of piperidine rings is 1. The lowest BCUT2D eigenvalue weighted by Crippen LogP contribution is -2.44. The number of likely N-dealkylation sites (tertiary alicyclic amines) is 1. The number of nitrogens with two attached hydrogens (primary N) is 1. The summed E-state index contributed by atoms with van der Waals surface area (Å²) in [5.74, 6) is 0.339. The molecule has 3 aromatic rings. The van der Waals surface area contributed by atoms with Crippen LogP contribution in [0.1, 0.15) is 12.8 Å². The van der Waals surface area contributed by atoms with Crippen molar-refractivity contribution < 1.29 is 9.59 Å². The fourth-order valence-corrected chi connectivity index (χ4v) is 4.46. The normalized spacial score (nSPS) is 16.4. The predicted octanol–water partition coefficient (Wildman–Crippen LogP) is 2.75. The Morgan fingerprint density at radius 1 is 1.03 bits per heavy atom. The van der Waals surface area contributed by atoms with Crippen molar-refractivity contribution in [2.45, 2.75) is 18.0 Å². The zero-order chi connectivity index (χ0) is 20.9. The van der Waals surface area contributed by atoms with E-state index in [2.05, 4.69) is 10.2 Å². The van der Waals surface area contributed by atoms with Gasteiger partial charge in [0, 0.05) is 24.3 Å². The van der Waals surface area contributed by atoms with Gasteiger partial charge in [-0.3, -0.25) is 14.2 Å². The third kappa shape index (κ3) is 4.38. The van der Waals surface area contributed by atoms with Crippen molar-refractivity contribution in [3.05, 3.63) is 60.7 Å². The van der Waals surface area contributed by atoms with Crippen LogP contribution in [-0.2, 0) is 9.59 Å². The van der Waals surface area contributed by atoms with Crippen molar-refractivity contribution in [1.29, 1.82) is 0 Å². The lowest BCUT2D eigenvalue weighted by atomic mass is 9.97. The third-order valence-electron chi connectivity index (χ3n) is 5.18. The maximum Gasteiger partial charge on any atom is 0.233 e. The topological polar surface area (TPSA) is 94.1 Å². The molecule has 1 saturated heterocycles. The summed E-state index contributed by atoms with van der Waals surface area (Å²) in [7, 11) is 0. The van der Waals surface area contributed by atoms with Crippen LogP contribution in [0.15, 0.2) is 65.8 Å². The summed E-state index contributed by atoms with van der Waals surface area (Å²) < 4.78 is 1.97. The van der Waals surface area contributed by atoms with Crippen molar-refractivity contribution >= 4 is 23.6 Å². The van der Waals surface area contributed by atoms with Crippen LogP contribution in [0.25, 0.3) is 17.1 Å². The fraction of sp³-hybridized carbons (Fsp3) is 0.273. The maximum absolute atomic E-state index is 12.8. The highest BCUT2D eigenvalue weighted by Gasteiger charge is 2.27. The summed E-state index contributed by atoms with van der Waals surface area (Å²) >= 11 is 1.35. The molecule has 7 nitrogen and oxygen atoms in total. The standard InChI is InChI=1S/C22H23N5O2S/c23-20(29)17-10-7-13-26(14-17)19(28)15-30-22-25-24-21(16-8-3-1-4-9-16)27(22)18-11-5-2-6-12-18/h1-6,8-9,11-12,17H,7,10,13-15H2,(H2,23,29). The van der Waals surface area contributed by atoms with E-state index in [1.165, 1.54) is 11.8 Å². The second-order valence-electron chi connectivity index (χ2n) is 7.21. The lowest BCUT2D eigenvalue weighted by Gasteiger charge is -2.31. The van der Waals surface area contributed by atoms with Gasteiger partial charge in [0.2, 0.25) is 11.8 Å². The first kappa shape index (κ1) is 20.2. The van der Waals surface area contributed by atoms with Gasteiger partial charge in [-0.15, -0.1) is 10.2 Å². The zero-order valence-electron chi connectivity index (χ0n) is 16.5. The molecule has 1 atom stereocenters. The van der Waals surface area contributed by atoms with Gasteiger partial charge in [-0.2, -0.15) is 0 Å². The Kier molecular flexibility index (Phi) is 6.13. The molecule has 30 heavy (non-hydrogen) atoms. The van der Waals surface area contributed by atoms with E-state index in [0.717, 1.165) is 29.9 Å². The summed E-state index contributed by atoms with van der Waals surface area (Å²) in [6, 6.07) is 19.7. The van der Waals surface area contributed by atoms with E-state index in [-0.39, 0.29) is 23.5 Å². The first-order valence-corrected chi connectivity index (χ1v) is 10.9. The number of para-hydroxylation sites is 1. The summed E-state index contributed by atoms with van der Waals surface area (Å²) in [5, 5.41) is 9.40. The summed E-state index contributed by atoms with van der Waals surface area (Å²) in [6.45, 7) is 1.05. The molecular formula is C22H23N5O2S. The van der Waals surface area contributed by atoms with E-state index in [9.17, 15) is 9.59 Å². The molecule has 2 N–H and O–H groups in total. The number of aromatic nitrogens is 3. The van der Waals surface area contributed by atoms with Gasteiger partial charge in [-0.25, -0.2) is 0 Å². The Balaban J connectivity index is 1.55. The molecule has 1 aromatic heterocycles. The number of nitrogens with zero attached hydrogens (tertiary/aromatic N) is 4. The molecule has 2 aromatic carbocycles. The van der Waals surface area contributed by atoms with Crippen LogP contribution in [0.5, 0.6) is 0 Å². The number of hydrogen-bond donors (Lipinski definition) is 1. The molecule has 154 valence electrons. The van der Waals surface area contributed by atoms with Gasteiger partial charge in [-0.1, -0.05) is 60.3 Å². The minimum Gasteiger partial charge on any atom is -0.369 e. The van der Waals surface area contributed by atoms with Crippen LogP contribution in [0.4, 0.5) is 0 Å². The van der Waals surface area contributed by atoms with Crippen LogP contribution in [-0.4, -0.2) is 50.3 Å². The third-order valence-corrected chi connectivity index (χ3v) is 6.09. The molecule has 4 rings (SSSR count). The smallest absolute Gasteiger partial charge is 0.233 e. The monoisotopic (exact) mass is 421 g/mol. The molecule has 2 heterocycles. The van der Waals surface area contributed by atoms with E-state index in [1.807, 2.05) is 65.2 Å². The molecule has 1 fully saturated rings. The predicted molar refractivity (Wildman–Crippen MR) is 116 cm³/mol. The number of amides is 2. The number of rotatable bonds is 6. The van der Waals surface area contributed by atoms with Crippen LogP contribution in [0.2, 0.25) is 0 Å². The first-order valence-electron chi connectivity index (χ1n) is 9.89. The summed E-state index contributed by atoms with van der Waals surface area (Å²) in [4.78, 5) is 26.0. The van der Waals surface area contributed by atoms with Crippen LogP contribution < -0.4 is 5.73 Å². The highest BCUT2D eigenvalue weighted by atomic mass is 32.2. The molecule has 0 spiro atoms. The molecule has 0 bridgehead atoms. The number of hydrogen-bond acceptors (Lipinski definition) is 5. The molecule has 8 heteroatoms. The van der Waals surface area contributed by atoms with Crippen LogP contribution in [0, 0.1) is 5.92 Å². The van der Waals surface area contributed by atoms with Crippen molar-refractivity contribution in [2.75, 3.05) is 18.8 Å². The van der Waals surface area contributed by atoms with E-state index in [1.54, 1.807) is 4.90 Å². The number of benzene rings is 2. The van der Waals surface area contributed by atoms with Crippen molar-refractivity contribution in [3.63, 3.8) is 0 Å². The SMILES string of the molecule is NC(=O)C1CCCN(C(=O)CSc2nnc(-c3ccccc3)n2-c2ccccc2)C1. The lowest BCUT2D eigenvalue weighted by molar-refractivity contribution is -0.132. The zero-order valence-corrected chi connectivity index (χ0v) is 17.3. The summed E-state index contributed by atoms with van der Waals surface area (Å²) in [6.07, 6.45) is 1.54. The van der Waals surface area contributed by atoms with Gasteiger partial charge in [0.15, 0.2) is 11.0 Å². The number of carbonyl (C=O) groups is 2. The number of thioether (sulfide) groups is 1. The van der Waals surface area contributed by atoms with Gasteiger partial charge in [-0.05, 0) is 25.0 Å². The van der Waals surface area contributed by atoms with E-state index >= 15 is 0 Å². The van der Waals surface area contributed by atoms with Crippen LogP contribution >= 0.6 is 11.8 Å². The second kappa shape index (κ2) is 9.13. The number of primary amides is 1. The quantitative estimate of drug-likeness (QED) is 0.618. The van der Waals surface area contributed by atoms with Crippen molar-refractivity contribution in [1.82, 2.24) is 19.7 Å². The van der Waals surface area contributed by atoms with Gasteiger partial charge in [0.1, 0.15) is 0 Å². The first-order chi connectivity index (χ1) is 14.6. The minimum atomic E-state index is -0.337. The van der Waals surface area contributed by atoms with Gasteiger partial charge < -0.3 is 10.6 Å². The average Bonchev–Trinajstić information content (AvgIpc) is 3.22. The van der Waals surface area contributed by atoms with Crippen molar-refractivity contribution in [3.8, 4) is 17.1 Å². The van der Waals surface area contributed by atoms with Gasteiger partial charge in [0.05, 0.1) is 11.7 Å². The second-order valence-corrected chi connectivity index (χ2v) is 8.16. The molecular weight excluding hydrogens is 398 g/mol.